The van der Waals surface area contributed by atoms with E-state index in [-0.39, 0.29) is 12.0 Å². The number of nitrogens with one attached hydrogen (secondary N) is 1. The highest BCUT2D eigenvalue weighted by Gasteiger charge is 2.00. The molecule has 5 heteroatoms. The van der Waals surface area contributed by atoms with Crippen molar-refractivity contribution in [1.82, 2.24) is 14.6 Å². The molecule has 0 aliphatic carbocycles. The van der Waals surface area contributed by atoms with Crippen LogP contribution in [0.15, 0.2) is 23.1 Å². The molecule has 2 N–H and O–H groups in total. The molecule has 2 rings (SSSR count). The van der Waals surface area contributed by atoms with Gasteiger partial charge >= 0.3 is 0 Å². The van der Waals surface area contributed by atoms with E-state index in [9.17, 15) is 4.79 Å². The molecule has 0 saturated heterocycles. The first-order chi connectivity index (χ1) is 6.79. The van der Waals surface area contributed by atoms with Crippen molar-refractivity contribution >= 4 is 5.65 Å². The highest BCUT2D eigenvalue weighted by molar-refractivity contribution is 5.36. The van der Waals surface area contributed by atoms with E-state index >= 15 is 0 Å². The van der Waals surface area contributed by atoms with E-state index in [1.807, 2.05) is 0 Å². The molecule has 14 heavy (non-hydrogen) atoms. The van der Waals surface area contributed by atoms with Gasteiger partial charge in [-0.25, -0.2) is 9.50 Å². The summed E-state index contributed by atoms with van der Waals surface area (Å²) < 4.78 is 1.69. The summed E-state index contributed by atoms with van der Waals surface area (Å²) >= 11 is 0. The average molecular weight is 193 g/mol. The van der Waals surface area contributed by atoms with Crippen molar-refractivity contribution in [3.05, 3.63) is 34.4 Å². The highest BCUT2D eigenvalue weighted by Crippen LogP contribution is 1.99. The number of fused-ring (bicyclic) bond motifs is 1. The average Bonchev–Trinajstić information content (AvgIpc) is 2.56. The minimum atomic E-state index is -0.0507. The van der Waals surface area contributed by atoms with Gasteiger partial charge < -0.3 is 5.11 Å². The van der Waals surface area contributed by atoms with Gasteiger partial charge in [-0.1, -0.05) is 0 Å². The van der Waals surface area contributed by atoms with Gasteiger partial charge in [0.15, 0.2) is 11.1 Å². The van der Waals surface area contributed by atoms with Gasteiger partial charge in [-0.15, -0.1) is 0 Å². The summed E-state index contributed by atoms with van der Waals surface area (Å²) in [6.07, 6.45) is 3.00. The second-order valence-electron chi connectivity index (χ2n) is 3.09. The van der Waals surface area contributed by atoms with Gasteiger partial charge in [0.25, 0.3) is 0 Å². The van der Waals surface area contributed by atoms with Crippen molar-refractivity contribution in [2.24, 2.45) is 0 Å². The molecule has 0 atom stereocenters. The van der Waals surface area contributed by atoms with Gasteiger partial charge in [0.05, 0.1) is 0 Å². The van der Waals surface area contributed by atoms with Crippen LogP contribution in [-0.2, 0) is 6.42 Å². The third-order valence-corrected chi connectivity index (χ3v) is 1.98. The fourth-order valence-corrected chi connectivity index (χ4v) is 1.31. The number of aliphatic hydroxyl groups is 1. The quantitative estimate of drug-likeness (QED) is 0.717. The molecule has 2 heterocycles. The summed E-state index contributed by atoms with van der Waals surface area (Å²) in [7, 11) is 0. The lowest BCUT2D eigenvalue weighted by Gasteiger charge is -1.90. The first kappa shape index (κ1) is 8.96. The van der Waals surface area contributed by atoms with Crippen LogP contribution in [0.1, 0.15) is 12.2 Å². The Morgan fingerprint density at radius 2 is 2.43 bits per heavy atom. The Morgan fingerprint density at radius 1 is 1.57 bits per heavy atom. The molecular weight excluding hydrogens is 182 g/mol. The number of aromatic nitrogens is 3. The number of nitrogens with zero attached hydrogens (tertiary/aromatic N) is 2. The molecular formula is C9H11N3O2. The molecule has 0 spiro atoms. The minimum absolute atomic E-state index is 0.0507. The Bertz CT molecular complexity index is 486. The van der Waals surface area contributed by atoms with Gasteiger partial charge in [0, 0.05) is 31.4 Å². The van der Waals surface area contributed by atoms with Crippen molar-refractivity contribution in [2.75, 3.05) is 6.61 Å². The molecule has 2 aromatic rings. The Morgan fingerprint density at radius 3 is 3.21 bits per heavy atom. The fourth-order valence-electron chi connectivity index (χ4n) is 1.31. The molecule has 0 amide bonds. The first-order valence-electron chi connectivity index (χ1n) is 4.48. The Labute approximate surface area is 80.0 Å². The van der Waals surface area contributed by atoms with Crippen LogP contribution in [0.2, 0.25) is 0 Å². The molecule has 0 saturated carbocycles. The lowest BCUT2D eigenvalue weighted by molar-refractivity contribution is 0.287. The summed E-state index contributed by atoms with van der Waals surface area (Å²) in [6.45, 7) is 0.147. The van der Waals surface area contributed by atoms with E-state index in [1.54, 1.807) is 10.7 Å². The summed E-state index contributed by atoms with van der Waals surface area (Å²) in [5.74, 6) is 0.782. The molecule has 0 radical (unpaired) electrons. The molecule has 0 aromatic carbocycles. The van der Waals surface area contributed by atoms with Crippen LogP contribution in [0.25, 0.3) is 5.65 Å². The van der Waals surface area contributed by atoms with E-state index in [0.717, 1.165) is 5.82 Å². The van der Waals surface area contributed by atoms with Crippen LogP contribution in [0.3, 0.4) is 0 Å². The van der Waals surface area contributed by atoms with Crippen LogP contribution < -0.4 is 5.43 Å². The number of pyridine rings is 1. The Kier molecular flexibility index (Phi) is 2.32. The minimum Gasteiger partial charge on any atom is -0.396 e. The second-order valence-corrected chi connectivity index (χ2v) is 3.09. The van der Waals surface area contributed by atoms with Crippen molar-refractivity contribution in [3.63, 3.8) is 0 Å². The van der Waals surface area contributed by atoms with E-state index in [4.69, 9.17) is 5.11 Å². The maximum Gasteiger partial charge on any atom is 0.183 e. The Balaban J connectivity index is 2.36. The maximum atomic E-state index is 11.0. The number of H-pyrrole nitrogens is 1. The van der Waals surface area contributed by atoms with Crippen LogP contribution in [-0.4, -0.2) is 26.3 Å². The zero-order valence-corrected chi connectivity index (χ0v) is 7.60. The maximum absolute atomic E-state index is 11.0. The number of hydrogen-bond donors (Lipinski definition) is 2. The standard InChI is InChI=1S/C9H11N3O2/c13-5-1-2-8-10-9-6-7(14)3-4-12(9)11-8/h3-4,6,13H,1-2,5H2,(H,10,11). The molecule has 0 fully saturated rings. The van der Waals surface area contributed by atoms with Crippen LogP contribution in [0, 0.1) is 0 Å². The second kappa shape index (κ2) is 3.63. The topological polar surface area (TPSA) is 70.4 Å². The summed E-state index contributed by atoms with van der Waals surface area (Å²) in [4.78, 5) is 15.2. The number of hydrogen-bond acceptors (Lipinski definition) is 3. The predicted octanol–water partition coefficient (Wildman–Crippen LogP) is -0.0525. The smallest absolute Gasteiger partial charge is 0.183 e. The highest BCUT2D eigenvalue weighted by atomic mass is 16.2. The normalized spacial score (nSPS) is 10.9. The summed E-state index contributed by atoms with van der Waals surface area (Å²) in [5, 5.41) is 11.7. The first-order valence-corrected chi connectivity index (χ1v) is 4.48. The molecule has 0 aliphatic heterocycles. The molecule has 74 valence electrons. The lowest BCUT2D eigenvalue weighted by atomic mass is 10.3. The SMILES string of the molecule is O=c1ccn2[nH]c(CCCO)nc2c1. The zero-order valence-electron chi connectivity index (χ0n) is 7.60. The van der Waals surface area contributed by atoms with Crippen LogP contribution >= 0.6 is 0 Å². The fraction of sp³-hybridized carbons (Fsp3) is 0.333. The van der Waals surface area contributed by atoms with E-state index in [1.165, 1.54) is 12.1 Å². The Hall–Kier alpha value is -1.62. The monoisotopic (exact) mass is 193 g/mol. The van der Waals surface area contributed by atoms with Crippen molar-refractivity contribution in [3.8, 4) is 0 Å². The number of aryl methyl sites for hydroxylation is 1. The van der Waals surface area contributed by atoms with Gasteiger partial charge in [-0.3, -0.25) is 9.89 Å². The summed E-state index contributed by atoms with van der Waals surface area (Å²) in [5.41, 5.74) is 0.565. The van der Waals surface area contributed by atoms with E-state index in [0.29, 0.717) is 18.5 Å². The largest absolute Gasteiger partial charge is 0.396 e. The predicted molar refractivity (Wildman–Crippen MR) is 51.2 cm³/mol. The number of rotatable bonds is 3. The van der Waals surface area contributed by atoms with Gasteiger partial charge in [-0.05, 0) is 6.42 Å². The molecule has 5 nitrogen and oxygen atoms in total. The van der Waals surface area contributed by atoms with E-state index in [2.05, 4.69) is 10.1 Å². The number of aliphatic hydroxyl groups excluding tert-OH is 1. The summed E-state index contributed by atoms with van der Waals surface area (Å²) in [6, 6.07) is 2.94. The van der Waals surface area contributed by atoms with E-state index < -0.39 is 0 Å². The van der Waals surface area contributed by atoms with Gasteiger partial charge in [0.1, 0.15) is 5.82 Å². The third kappa shape index (κ3) is 1.67. The van der Waals surface area contributed by atoms with Crippen molar-refractivity contribution in [2.45, 2.75) is 12.8 Å². The molecule has 0 bridgehead atoms. The molecule has 0 unspecified atom stereocenters. The zero-order chi connectivity index (χ0) is 9.97. The van der Waals surface area contributed by atoms with Crippen molar-refractivity contribution < 1.29 is 5.11 Å². The molecule has 0 aliphatic rings. The number of aromatic amines is 1. The van der Waals surface area contributed by atoms with Crippen LogP contribution in [0.5, 0.6) is 0 Å². The third-order valence-electron chi connectivity index (χ3n) is 1.98. The lowest BCUT2D eigenvalue weighted by Crippen LogP contribution is -1.98. The van der Waals surface area contributed by atoms with Gasteiger partial charge in [-0.2, -0.15) is 0 Å². The van der Waals surface area contributed by atoms with Crippen molar-refractivity contribution in [1.29, 1.82) is 0 Å². The van der Waals surface area contributed by atoms with Gasteiger partial charge in [0.2, 0.25) is 0 Å². The van der Waals surface area contributed by atoms with Crippen LogP contribution in [0.4, 0.5) is 0 Å². The molecule has 2 aromatic heterocycles.